The second-order valence-electron chi connectivity index (χ2n) is 6.39. The van der Waals surface area contributed by atoms with Gasteiger partial charge in [-0.3, -0.25) is 4.68 Å². The van der Waals surface area contributed by atoms with Crippen LogP contribution in [0.15, 0.2) is 30.6 Å². The fraction of sp³-hybridized carbons (Fsp3) is 0.471. The normalized spacial score (nSPS) is 18.8. The maximum Gasteiger partial charge on any atom is 0.317 e. The number of urea groups is 1. The third-order valence-electron chi connectivity index (χ3n) is 4.51. The number of nitrogens with one attached hydrogen (secondary N) is 1. The SMILES string of the molecule is C[C@H](NC(=O)N1CCC[C@H](Cn2ccnn2)C1)c1cccc(F)c1F. The molecule has 3 rings (SSSR count). The third kappa shape index (κ3) is 4.12. The Hall–Kier alpha value is -2.51. The van der Waals surface area contributed by atoms with E-state index in [9.17, 15) is 13.6 Å². The largest absolute Gasteiger partial charge is 0.331 e. The predicted octanol–water partition coefficient (Wildman–Crippen LogP) is 2.74. The molecule has 0 bridgehead atoms. The Morgan fingerprint density at radius 2 is 2.28 bits per heavy atom. The van der Waals surface area contributed by atoms with Crippen LogP contribution in [0, 0.1) is 17.6 Å². The van der Waals surface area contributed by atoms with Gasteiger partial charge in [-0.1, -0.05) is 17.3 Å². The Labute approximate surface area is 144 Å². The van der Waals surface area contributed by atoms with Gasteiger partial charge >= 0.3 is 6.03 Å². The molecule has 1 aromatic heterocycles. The molecular weight excluding hydrogens is 328 g/mol. The molecule has 1 aliphatic rings. The summed E-state index contributed by atoms with van der Waals surface area (Å²) in [5.41, 5.74) is 0.143. The molecule has 0 unspecified atom stereocenters. The van der Waals surface area contributed by atoms with Crippen molar-refractivity contribution in [2.45, 2.75) is 32.4 Å². The van der Waals surface area contributed by atoms with Gasteiger partial charge in [0.05, 0.1) is 12.2 Å². The minimum atomic E-state index is -0.919. The number of hydrogen-bond donors (Lipinski definition) is 1. The van der Waals surface area contributed by atoms with Crippen molar-refractivity contribution in [3.8, 4) is 0 Å². The Morgan fingerprint density at radius 3 is 3.04 bits per heavy atom. The average molecular weight is 349 g/mol. The summed E-state index contributed by atoms with van der Waals surface area (Å²) in [6, 6.07) is 3.10. The van der Waals surface area contributed by atoms with E-state index in [0.717, 1.165) is 18.9 Å². The van der Waals surface area contributed by atoms with Gasteiger partial charge in [0.25, 0.3) is 0 Å². The van der Waals surface area contributed by atoms with Gasteiger partial charge in [-0.15, -0.1) is 5.10 Å². The second-order valence-corrected chi connectivity index (χ2v) is 6.39. The molecule has 1 N–H and O–H groups in total. The van der Waals surface area contributed by atoms with Crippen molar-refractivity contribution in [1.29, 1.82) is 0 Å². The summed E-state index contributed by atoms with van der Waals surface area (Å²) in [7, 11) is 0. The zero-order chi connectivity index (χ0) is 17.8. The highest BCUT2D eigenvalue weighted by Crippen LogP contribution is 2.21. The number of nitrogens with zero attached hydrogens (tertiary/aromatic N) is 4. The minimum Gasteiger partial charge on any atom is -0.331 e. The zero-order valence-corrected chi connectivity index (χ0v) is 14.0. The van der Waals surface area contributed by atoms with Crippen LogP contribution < -0.4 is 5.32 Å². The third-order valence-corrected chi connectivity index (χ3v) is 4.51. The Bertz CT molecular complexity index is 722. The molecule has 2 atom stereocenters. The van der Waals surface area contributed by atoms with Crippen molar-refractivity contribution in [1.82, 2.24) is 25.2 Å². The molecule has 1 fully saturated rings. The van der Waals surface area contributed by atoms with Crippen LogP contribution in [0.25, 0.3) is 0 Å². The molecule has 6 nitrogen and oxygen atoms in total. The average Bonchev–Trinajstić information content (AvgIpc) is 3.10. The van der Waals surface area contributed by atoms with Crippen molar-refractivity contribution in [2.75, 3.05) is 13.1 Å². The minimum absolute atomic E-state index is 0.143. The summed E-state index contributed by atoms with van der Waals surface area (Å²) < 4.78 is 29.0. The molecule has 1 aliphatic heterocycles. The van der Waals surface area contributed by atoms with Gasteiger partial charge in [-0.25, -0.2) is 13.6 Å². The summed E-state index contributed by atoms with van der Waals surface area (Å²) >= 11 is 0. The fourth-order valence-electron chi connectivity index (χ4n) is 3.20. The summed E-state index contributed by atoms with van der Waals surface area (Å²) in [5.74, 6) is -1.54. The highest BCUT2D eigenvalue weighted by Gasteiger charge is 2.26. The number of piperidine rings is 1. The number of carbonyl (C=O) groups excluding carboxylic acids is 1. The van der Waals surface area contributed by atoms with Crippen LogP contribution in [0.3, 0.4) is 0 Å². The Kier molecular flexibility index (Phi) is 5.25. The van der Waals surface area contributed by atoms with Crippen molar-refractivity contribution in [3.63, 3.8) is 0 Å². The van der Waals surface area contributed by atoms with Gasteiger partial charge in [-0.2, -0.15) is 0 Å². The first-order valence-electron chi connectivity index (χ1n) is 8.38. The number of carbonyl (C=O) groups is 1. The first kappa shape index (κ1) is 17.3. The van der Waals surface area contributed by atoms with Gasteiger partial charge < -0.3 is 10.2 Å². The lowest BCUT2D eigenvalue weighted by molar-refractivity contribution is 0.155. The zero-order valence-electron chi connectivity index (χ0n) is 14.0. The molecule has 2 heterocycles. The standard InChI is InChI=1S/C17H21F2N5O/c1-12(14-5-2-6-15(18)16(14)19)21-17(25)23-8-3-4-13(10-23)11-24-9-7-20-22-24/h2,5-7,9,12-13H,3-4,8,10-11H2,1H3,(H,21,25)/t12-,13-/m0/s1. The van der Waals surface area contributed by atoms with Crippen molar-refractivity contribution < 1.29 is 13.6 Å². The second kappa shape index (κ2) is 7.58. The van der Waals surface area contributed by atoms with E-state index < -0.39 is 17.7 Å². The summed E-state index contributed by atoms with van der Waals surface area (Å²) in [6.45, 7) is 3.60. The van der Waals surface area contributed by atoms with Crippen molar-refractivity contribution in [2.24, 2.45) is 5.92 Å². The van der Waals surface area contributed by atoms with Crippen molar-refractivity contribution >= 4 is 6.03 Å². The van der Waals surface area contributed by atoms with Gasteiger partial charge in [0.1, 0.15) is 0 Å². The highest BCUT2D eigenvalue weighted by molar-refractivity contribution is 5.74. The van der Waals surface area contributed by atoms with Crippen molar-refractivity contribution in [3.05, 3.63) is 47.8 Å². The lowest BCUT2D eigenvalue weighted by Gasteiger charge is -2.33. The van der Waals surface area contributed by atoms with Crippen LogP contribution in [0.4, 0.5) is 13.6 Å². The molecule has 0 spiro atoms. The number of rotatable bonds is 4. The molecule has 0 radical (unpaired) electrons. The number of benzene rings is 1. The van der Waals surface area contributed by atoms with E-state index in [1.807, 2.05) is 0 Å². The maximum atomic E-state index is 13.9. The van der Waals surface area contributed by atoms with Crippen LogP contribution in [0.2, 0.25) is 0 Å². The van der Waals surface area contributed by atoms with Gasteiger partial charge in [0.2, 0.25) is 0 Å². The van der Waals surface area contributed by atoms with E-state index in [-0.39, 0.29) is 11.6 Å². The van der Waals surface area contributed by atoms with Crippen LogP contribution >= 0.6 is 0 Å². The lowest BCUT2D eigenvalue weighted by atomic mass is 9.98. The number of amides is 2. The lowest BCUT2D eigenvalue weighted by Crippen LogP contribution is -2.47. The van der Waals surface area contributed by atoms with E-state index in [1.54, 1.807) is 28.9 Å². The number of aromatic nitrogens is 3. The van der Waals surface area contributed by atoms with E-state index in [2.05, 4.69) is 15.6 Å². The monoisotopic (exact) mass is 349 g/mol. The molecule has 1 saturated heterocycles. The fourth-order valence-corrected chi connectivity index (χ4v) is 3.20. The predicted molar refractivity (Wildman–Crippen MR) is 87.6 cm³/mol. The molecule has 25 heavy (non-hydrogen) atoms. The molecule has 134 valence electrons. The smallest absolute Gasteiger partial charge is 0.317 e. The molecule has 0 saturated carbocycles. The van der Waals surface area contributed by atoms with Gasteiger partial charge in [0, 0.05) is 31.4 Å². The quantitative estimate of drug-likeness (QED) is 0.923. The number of hydrogen-bond acceptors (Lipinski definition) is 3. The molecule has 8 heteroatoms. The van der Waals surface area contributed by atoms with E-state index in [4.69, 9.17) is 0 Å². The number of likely N-dealkylation sites (tertiary alicyclic amines) is 1. The Balaban J connectivity index is 1.59. The van der Waals surface area contributed by atoms with E-state index in [1.165, 1.54) is 12.1 Å². The van der Waals surface area contributed by atoms with Crippen LogP contribution in [0.5, 0.6) is 0 Å². The maximum absolute atomic E-state index is 13.9. The topological polar surface area (TPSA) is 63.1 Å². The molecule has 2 aromatic rings. The molecule has 0 aliphatic carbocycles. The summed E-state index contributed by atoms with van der Waals surface area (Å²) in [5, 5.41) is 10.5. The van der Waals surface area contributed by atoms with Crippen LogP contribution in [-0.4, -0.2) is 39.0 Å². The van der Waals surface area contributed by atoms with Gasteiger partial charge in [0.15, 0.2) is 11.6 Å². The van der Waals surface area contributed by atoms with Gasteiger partial charge in [-0.05, 0) is 31.7 Å². The first-order chi connectivity index (χ1) is 12.0. The van der Waals surface area contributed by atoms with E-state index in [0.29, 0.717) is 25.6 Å². The highest BCUT2D eigenvalue weighted by atomic mass is 19.2. The Morgan fingerprint density at radius 1 is 1.44 bits per heavy atom. The van der Waals surface area contributed by atoms with Crippen LogP contribution in [-0.2, 0) is 6.54 Å². The first-order valence-corrected chi connectivity index (χ1v) is 8.38. The molecular formula is C17H21F2N5O. The summed E-state index contributed by atoms with van der Waals surface area (Å²) in [4.78, 5) is 14.2. The van der Waals surface area contributed by atoms with E-state index >= 15 is 0 Å². The molecule has 2 amide bonds. The molecule has 1 aromatic carbocycles. The van der Waals surface area contributed by atoms with Crippen LogP contribution in [0.1, 0.15) is 31.4 Å². The number of halogens is 2. The summed E-state index contributed by atoms with van der Waals surface area (Å²) in [6.07, 6.45) is 5.34.